The van der Waals surface area contributed by atoms with Crippen LogP contribution in [-0.4, -0.2) is 190 Å². The van der Waals surface area contributed by atoms with Gasteiger partial charge >= 0.3 is 11.9 Å². The van der Waals surface area contributed by atoms with Crippen molar-refractivity contribution in [3.63, 3.8) is 0 Å². The van der Waals surface area contributed by atoms with Crippen LogP contribution in [0.2, 0.25) is 0 Å². The Morgan fingerprint density at radius 1 is 0.598 bits per heavy atom. The number of likely N-dealkylation sites (N-methyl/N-ethyl adjacent to an activating group) is 2. The number of carbonyl (C=O) groups excluding carboxylic acids is 7. The normalized spacial score (nSPS) is 19.1. The molecule has 0 aliphatic carbocycles. The second kappa shape index (κ2) is 42.5. The third-order valence-corrected chi connectivity index (χ3v) is 22.6. The molecule has 0 bridgehead atoms. The van der Waals surface area contributed by atoms with Gasteiger partial charge in [-0.05, 0) is 150 Å². The predicted octanol–water partition coefficient (Wildman–Crippen LogP) is 11.6. The van der Waals surface area contributed by atoms with Crippen molar-refractivity contribution in [2.75, 3.05) is 61.6 Å². The molecule has 7 rings (SSSR count). The minimum absolute atomic E-state index is 0.00426. The van der Waals surface area contributed by atoms with Gasteiger partial charge < -0.3 is 45.2 Å². The fourth-order valence-corrected chi connectivity index (χ4v) is 15.4. The van der Waals surface area contributed by atoms with E-state index in [4.69, 9.17) is 9.47 Å². The third-order valence-electron chi connectivity index (χ3n) is 20.8. The van der Waals surface area contributed by atoms with Crippen LogP contribution in [0.3, 0.4) is 0 Å². The Labute approximate surface area is 611 Å². The number of aromatic nitrogens is 2. The van der Waals surface area contributed by atoms with Crippen LogP contribution in [0.4, 0.5) is 8.78 Å². The van der Waals surface area contributed by atoms with Crippen LogP contribution in [-0.2, 0) is 51.1 Å². The third kappa shape index (κ3) is 26.3. The number of methoxy groups -OCH3 is 1. The number of halogens is 2. The lowest BCUT2D eigenvalue weighted by Crippen LogP contribution is -2.47. The number of hydrogen-bond acceptors (Lipinski definition) is 18. The van der Waals surface area contributed by atoms with Crippen molar-refractivity contribution in [2.45, 2.75) is 220 Å². The molecule has 0 radical (unpaired) electrons. The Hall–Kier alpha value is -6.48. The summed E-state index contributed by atoms with van der Waals surface area (Å²) in [4.78, 5) is 121. The van der Waals surface area contributed by atoms with E-state index in [9.17, 15) is 62.5 Å². The van der Waals surface area contributed by atoms with Crippen LogP contribution in [0, 0.1) is 59.0 Å². The summed E-state index contributed by atoms with van der Waals surface area (Å²) in [5.74, 6) is -5.17. The Morgan fingerprint density at radius 2 is 0.971 bits per heavy atom. The molecule has 21 nitrogen and oxygen atoms in total. The molecule has 25 heteroatoms. The number of carbonyl (C=O) groups is 8. The fourth-order valence-electron chi connectivity index (χ4n) is 13.8. The molecule has 2 aromatic carbocycles. The maximum atomic E-state index is 14.0. The van der Waals surface area contributed by atoms with Crippen LogP contribution in [0.5, 0.6) is 0 Å². The Bertz CT molecular complexity index is 3290. The molecule has 102 heavy (non-hydrogen) atoms. The first-order valence-electron chi connectivity index (χ1n) is 36.5. The van der Waals surface area contributed by atoms with Crippen molar-refractivity contribution >= 4 is 69.8 Å². The fraction of sp³-hybridized carbons (Fsp3) is 0.662. The average molecular weight is 1460 g/mol. The van der Waals surface area contributed by atoms with Crippen LogP contribution < -0.4 is 10.6 Å². The summed E-state index contributed by atoms with van der Waals surface area (Å²) in [5, 5.41) is 41.7. The Balaban J connectivity index is 0.000000343. The van der Waals surface area contributed by atoms with Crippen LogP contribution in [0.25, 0.3) is 0 Å². The van der Waals surface area contributed by atoms with Gasteiger partial charge in [0.1, 0.15) is 45.2 Å². The van der Waals surface area contributed by atoms with Gasteiger partial charge in [0.25, 0.3) is 11.8 Å². The van der Waals surface area contributed by atoms with Crippen molar-refractivity contribution in [1.82, 2.24) is 40.2 Å². The van der Waals surface area contributed by atoms with Crippen molar-refractivity contribution in [3.05, 3.63) is 103 Å². The molecule has 6 unspecified atom stereocenters. The summed E-state index contributed by atoms with van der Waals surface area (Å²) in [6.45, 7) is 23.1. The van der Waals surface area contributed by atoms with E-state index in [1.165, 1.54) is 44.2 Å². The van der Waals surface area contributed by atoms with E-state index < -0.39 is 71.7 Å². The van der Waals surface area contributed by atoms with Crippen LogP contribution in [0.15, 0.2) is 59.3 Å². The molecule has 3 fully saturated rings. The van der Waals surface area contributed by atoms with E-state index in [0.717, 1.165) is 98.6 Å². The van der Waals surface area contributed by atoms with Crippen molar-refractivity contribution < 1.29 is 71.9 Å². The number of aliphatic hydroxyl groups is 2. The number of Topliss-reactive ketones (excluding diaryl/α,β-unsaturated/α-hetero) is 2. The predicted molar refractivity (Wildman–Crippen MR) is 393 cm³/mol. The number of aliphatic carboxylic acids is 1. The number of rotatable bonds is 36. The van der Waals surface area contributed by atoms with E-state index in [0.29, 0.717) is 29.3 Å². The van der Waals surface area contributed by atoms with Gasteiger partial charge in [-0.2, -0.15) is 0 Å². The highest BCUT2D eigenvalue weighted by Crippen LogP contribution is 2.34. The van der Waals surface area contributed by atoms with Gasteiger partial charge in [0.05, 0.1) is 31.0 Å². The van der Waals surface area contributed by atoms with Gasteiger partial charge in [0.15, 0.2) is 11.6 Å². The van der Waals surface area contributed by atoms with Gasteiger partial charge in [-0.1, -0.05) is 106 Å². The largest absolute Gasteiger partial charge is 0.481 e. The van der Waals surface area contributed by atoms with Gasteiger partial charge in [0, 0.05) is 99.8 Å². The maximum absolute atomic E-state index is 14.0. The summed E-state index contributed by atoms with van der Waals surface area (Å²) in [6.07, 6.45) is 7.54. The summed E-state index contributed by atoms with van der Waals surface area (Å²) in [7, 11) is 8.72. The summed E-state index contributed by atoms with van der Waals surface area (Å²) in [6, 6.07) is 9.82. The molecule has 3 aliphatic rings. The highest BCUT2D eigenvalue weighted by atomic mass is 32.1. The van der Waals surface area contributed by atoms with Gasteiger partial charge in [0.2, 0.25) is 11.8 Å². The highest BCUT2D eigenvalue weighted by molar-refractivity contribution is 7.10. The van der Waals surface area contributed by atoms with Crippen molar-refractivity contribution in [1.29, 1.82) is 0 Å². The molecule has 5 heterocycles. The molecule has 568 valence electrons. The second-order valence-corrected chi connectivity index (χ2v) is 31.0. The maximum Gasteiger partial charge on any atom is 0.308 e. The number of ether oxygens (including phenoxy) is 2. The van der Waals surface area contributed by atoms with E-state index >= 15 is 0 Å². The number of nitrogens with one attached hydrogen (secondary N) is 2. The number of aliphatic hydroxyl groups excluding tert-OH is 2. The molecule has 0 saturated carbocycles. The number of amides is 4. The number of thiazole rings is 2. The molecule has 4 amide bonds. The van der Waals surface area contributed by atoms with Crippen molar-refractivity contribution in [2.24, 2.45) is 47.3 Å². The minimum atomic E-state index is -1.04. The van der Waals surface area contributed by atoms with Gasteiger partial charge in [-0.3, -0.25) is 48.2 Å². The SMILES string of the molecule is C1CCOC1.CCC(C)[C@H](CC(=O)C1CCCN1C)C(=O)N(C)C(C[C@@H](O)c1nc(C(=O)N[C@@H](Cc2ccc(F)cc2)C[C@H](C)C(=O)O)cs1)C(C)C.CCC(C)[C@H](CC(=O)C1CCCN1C)C(=O)N(C)C(C[C@@H](O)c1nc(C(=O)N[C@@H](Cc2ccc(F)cc2)C[C@H](C)C(=O)OC)cs1)C(C)C. The second-order valence-electron chi connectivity index (χ2n) is 29.2. The molecule has 3 saturated heterocycles. The first-order chi connectivity index (χ1) is 48.3. The molecule has 14 atom stereocenters. The number of nitrogens with zero attached hydrogens (tertiary/aromatic N) is 6. The number of carboxylic acid groups (broad SMARTS) is 1. The number of benzene rings is 2. The number of carboxylic acids is 1. The zero-order valence-corrected chi connectivity index (χ0v) is 64.5. The molecule has 4 aromatic rings. The first-order valence-corrected chi connectivity index (χ1v) is 38.3. The van der Waals surface area contributed by atoms with E-state index in [1.807, 2.05) is 69.5 Å². The van der Waals surface area contributed by atoms with Gasteiger partial charge in [-0.15, -0.1) is 22.7 Å². The Kier molecular flexibility index (Phi) is 35.9. The van der Waals surface area contributed by atoms with E-state index in [2.05, 4.69) is 30.4 Å². The first kappa shape index (κ1) is 86.2. The quantitative estimate of drug-likeness (QED) is 0.0265. The minimum Gasteiger partial charge on any atom is -0.481 e. The number of hydrogen-bond donors (Lipinski definition) is 5. The molecular formula is C77H116F2N8O13S2. The van der Waals surface area contributed by atoms with E-state index in [1.54, 1.807) is 72.8 Å². The zero-order valence-electron chi connectivity index (χ0n) is 62.8. The Morgan fingerprint density at radius 3 is 1.27 bits per heavy atom. The lowest BCUT2D eigenvalue weighted by atomic mass is 9.83. The molecule has 3 aliphatic heterocycles. The summed E-state index contributed by atoms with van der Waals surface area (Å²) < 4.78 is 36.7. The number of esters is 1. The number of ketones is 2. The lowest BCUT2D eigenvalue weighted by molar-refractivity contribution is -0.145. The van der Waals surface area contributed by atoms with E-state index in [-0.39, 0.29) is 126 Å². The average Bonchev–Trinajstić information content (AvgIpc) is 1.31. The highest BCUT2D eigenvalue weighted by Gasteiger charge is 2.40. The van der Waals surface area contributed by atoms with Crippen molar-refractivity contribution in [3.8, 4) is 0 Å². The monoisotopic (exact) mass is 1460 g/mol. The molecule has 2 aromatic heterocycles. The standard InChI is InChI=1S/C37H55FN4O6S.C36H53FN4O6S.C4H8O/c1-9-23(4)28(19-32(43)30-11-10-16-41(30)6)36(46)42(7)31(22(2)3)20-33(44)35-40-29(21-49-35)34(45)39-27(17-24(5)37(47)48-8)18-25-12-14-26(38)15-13-25;1-8-22(4)27(18-31(42)29-10-9-15-40(29)6)35(45)41(7)30(21(2)3)19-32(43)34-39-28(20-48-34)33(44)38-26(16-23(5)36(46)47)17-24-11-13-25(37)14-12-24;1-2-4-5-3-1/h12-15,21-24,27-28,30-31,33,44H,9-11,16-20H2,1-8H3,(H,39,45);11-14,20-23,26-27,29-30,32,43H,8-10,15-19H2,1-7H3,(H,38,44)(H,46,47);1-4H2/t23?,24-,27+,28-,30?,31?,33+;22?,23-,26+,27-,29?,30?,32+;/m00./s1. The molecule has 0 spiro atoms. The van der Waals surface area contributed by atoms with Gasteiger partial charge in [-0.25, -0.2) is 18.7 Å². The number of likely N-dealkylation sites (tertiary alicyclic amines) is 2. The molecular weight excluding hydrogens is 1350 g/mol. The lowest BCUT2D eigenvalue weighted by Gasteiger charge is -2.36. The molecule has 5 N–H and O–H groups in total. The summed E-state index contributed by atoms with van der Waals surface area (Å²) >= 11 is 2.30. The summed E-state index contributed by atoms with van der Waals surface area (Å²) in [5.41, 5.74) is 1.77. The van der Waals surface area contributed by atoms with Crippen LogP contribution in [0.1, 0.15) is 213 Å². The zero-order chi connectivity index (χ0) is 75.7. The topological polar surface area (TPSA) is 279 Å². The van der Waals surface area contributed by atoms with Crippen LogP contribution >= 0.6 is 22.7 Å². The smallest absolute Gasteiger partial charge is 0.308 e.